The number of rotatable bonds is 5. The van der Waals surface area contributed by atoms with Gasteiger partial charge in [0.05, 0.1) is 16.8 Å². The number of aromatic nitrogens is 1. The fourth-order valence-corrected chi connectivity index (χ4v) is 3.82. The van der Waals surface area contributed by atoms with Gasteiger partial charge in [0.15, 0.2) is 0 Å². The van der Waals surface area contributed by atoms with Crippen LogP contribution in [-0.4, -0.2) is 30.3 Å². The highest BCUT2D eigenvalue weighted by Gasteiger charge is 2.32. The van der Waals surface area contributed by atoms with Crippen LogP contribution in [0.15, 0.2) is 5.38 Å². The van der Waals surface area contributed by atoms with Crippen molar-refractivity contribution in [2.75, 3.05) is 13.2 Å². The number of thiazole rings is 1. The summed E-state index contributed by atoms with van der Waals surface area (Å²) in [5, 5.41) is 7.02. The summed E-state index contributed by atoms with van der Waals surface area (Å²) in [5.41, 5.74) is 1.34. The average molecular weight is 296 g/mol. The van der Waals surface area contributed by atoms with Gasteiger partial charge in [-0.1, -0.05) is 34.6 Å². The van der Waals surface area contributed by atoms with Gasteiger partial charge in [-0.2, -0.15) is 0 Å². The molecule has 0 aliphatic carbocycles. The summed E-state index contributed by atoms with van der Waals surface area (Å²) in [7, 11) is 0. The number of likely N-dealkylation sites (N-methyl/N-ethyl adjacent to an activating group) is 1. The van der Waals surface area contributed by atoms with Gasteiger partial charge in [-0.3, -0.25) is 0 Å². The Morgan fingerprint density at radius 2 is 2.25 bits per heavy atom. The maximum absolute atomic E-state index is 5.94. The summed E-state index contributed by atoms with van der Waals surface area (Å²) in [6.07, 6.45) is 2.48. The fourth-order valence-electron chi connectivity index (χ4n) is 2.74. The molecule has 0 saturated carbocycles. The molecular weight excluding hydrogens is 268 g/mol. The van der Waals surface area contributed by atoms with Gasteiger partial charge in [-0.25, -0.2) is 4.98 Å². The predicted octanol–water partition coefficient (Wildman–Crippen LogP) is 3.39. The van der Waals surface area contributed by atoms with Crippen LogP contribution in [0.5, 0.6) is 0 Å². The van der Waals surface area contributed by atoms with E-state index < -0.39 is 0 Å². The first kappa shape index (κ1) is 15.9. The Kier molecular flexibility index (Phi) is 5.21. The van der Waals surface area contributed by atoms with Crippen molar-refractivity contribution in [3.05, 3.63) is 16.1 Å². The quantitative estimate of drug-likeness (QED) is 0.904. The summed E-state index contributed by atoms with van der Waals surface area (Å²) in [4.78, 5) is 4.82. The molecule has 0 amide bonds. The molecule has 1 aliphatic heterocycles. The normalized spacial score (nSPS) is 25.1. The maximum Gasteiger partial charge on any atom is 0.0945 e. The lowest BCUT2D eigenvalue weighted by molar-refractivity contribution is 0.0615. The molecule has 0 bridgehead atoms. The van der Waals surface area contributed by atoms with Crippen molar-refractivity contribution in [3.63, 3.8) is 0 Å². The zero-order valence-corrected chi connectivity index (χ0v) is 14.2. The second kappa shape index (κ2) is 6.54. The van der Waals surface area contributed by atoms with Crippen molar-refractivity contribution in [3.8, 4) is 0 Å². The zero-order valence-electron chi connectivity index (χ0n) is 13.4. The lowest BCUT2D eigenvalue weighted by atomic mass is 9.93. The number of hydrogen-bond donors (Lipinski definition) is 1. The molecule has 0 radical (unpaired) electrons. The summed E-state index contributed by atoms with van der Waals surface area (Å²) < 4.78 is 5.94. The SMILES string of the molecule is CCNC(Cc1nc(C(C)(C)C)cs1)C1OCCC1C. The number of nitrogens with one attached hydrogen (secondary N) is 1. The Bertz CT molecular complexity index is 424. The van der Waals surface area contributed by atoms with E-state index in [-0.39, 0.29) is 5.41 Å². The Morgan fingerprint density at radius 3 is 2.75 bits per heavy atom. The van der Waals surface area contributed by atoms with Crippen LogP contribution in [0, 0.1) is 5.92 Å². The molecule has 1 saturated heterocycles. The van der Waals surface area contributed by atoms with Crippen LogP contribution in [0.2, 0.25) is 0 Å². The lowest BCUT2D eigenvalue weighted by Crippen LogP contribution is -2.43. The van der Waals surface area contributed by atoms with Crippen LogP contribution < -0.4 is 5.32 Å². The first-order chi connectivity index (χ1) is 9.41. The highest BCUT2D eigenvalue weighted by atomic mass is 32.1. The number of hydrogen-bond acceptors (Lipinski definition) is 4. The largest absolute Gasteiger partial charge is 0.376 e. The Labute approximate surface area is 127 Å². The minimum Gasteiger partial charge on any atom is -0.376 e. The van der Waals surface area contributed by atoms with Crippen molar-refractivity contribution in [1.82, 2.24) is 10.3 Å². The second-order valence-electron chi connectivity index (χ2n) is 6.85. The second-order valence-corrected chi connectivity index (χ2v) is 7.79. The molecule has 1 N–H and O–H groups in total. The molecule has 1 aromatic rings. The van der Waals surface area contributed by atoms with Crippen LogP contribution in [0.1, 0.15) is 51.7 Å². The summed E-state index contributed by atoms with van der Waals surface area (Å²) >= 11 is 1.78. The summed E-state index contributed by atoms with van der Waals surface area (Å²) in [6, 6.07) is 0.386. The highest BCUT2D eigenvalue weighted by Crippen LogP contribution is 2.28. The van der Waals surface area contributed by atoms with Crippen molar-refractivity contribution in [2.45, 2.75) is 65.0 Å². The lowest BCUT2D eigenvalue weighted by Gasteiger charge is -2.26. The molecular formula is C16H28N2OS. The van der Waals surface area contributed by atoms with E-state index in [9.17, 15) is 0 Å². The van der Waals surface area contributed by atoms with Crippen molar-refractivity contribution >= 4 is 11.3 Å². The maximum atomic E-state index is 5.94. The molecule has 1 aromatic heterocycles. The van der Waals surface area contributed by atoms with Gasteiger partial charge < -0.3 is 10.1 Å². The highest BCUT2D eigenvalue weighted by molar-refractivity contribution is 7.09. The molecule has 3 unspecified atom stereocenters. The van der Waals surface area contributed by atoms with Gasteiger partial charge in [-0.05, 0) is 18.9 Å². The van der Waals surface area contributed by atoms with Crippen LogP contribution in [0.25, 0.3) is 0 Å². The van der Waals surface area contributed by atoms with E-state index >= 15 is 0 Å². The number of ether oxygens (including phenoxy) is 1. The minimum absolute atomic E-state index is 0.138. The monoisotopic (exact) mass is 296 g/mol. The van der Waals surface area contributed by atoms with Crippen molar-refractivity contribution in [1.29, 1.82) is 0 Å². The Hall–Kier alpha value is -0.450. The smallest absolute Gasteiger partial charge is 0.0945 e. The van der Waals surface area contributed by atoms with E-state index in [4.69, 9.17) is 9.72 Å². The van der Waals surface area contributed by atoms with Crippen molar-refractivity contribution < 1.29 is 4.74 Å². The van der Waals surface area contributed by atoms with E-state index in [0.717, 1.165) is 19.6 Å². The first-order valence-corrected chi connectivity index (χ1v) is 8.59. The Morgan fingerprint density at radius 1 is 1.50 bits per heavy atom. The molecule has 3 atom stereocenters. The zero-order chi connectivity index (χ0) is 14.8. The standard InChI is InChI=1S/C16H28N2OS/c1-6-17-12(15-11(2)7-8-19-15)9-14-18-13(10-20-14)16(3,4)5/h10-12,15,17H,6-9H2,1-5H3. The average Bonchev–Trinajstić information content (AvgIpc) is 2.96. The molecule has 20 heavy (non-hydrogen) atoms. The topological polar surface area (TPSA) is 34.2 Å². The summed E-state index contributed by atoms with van der Waals surface area (Å²) in [5.74, 6) is 0.640. The molecule has 3 nitrogen and oxygen atoms in total. The van der Waals surface area contributed by atoms with E-state index in [1.54, 1.807) is 11.3 Å². The third-order valence-electron chi connectivity index (χ3n) is 4.02. The third-order valence-corrected chi connectivity index (χ3v) is 4.89. The molecule has 0 aromatic carbocycles. The van der Waals surface area contributed by atoms with Gasteiger partial charge in [0.2, 0.25) is 0 Å². The van der Waals surface area contributed by atoms with Gasteiger partial charge >= 0.3 is 0 Å². The van der Waals surface area contributed by atoms with E-state index in [0.29, 0.717) is 18.1 Å². The molecule has 2 rings (SSSR count). The first-order valence-electron chi connectivity index (χ1n) is 7.71. The number of nitrogens with zero attached hydrogens (tertiary/aromatic N) is 1. The van der Waals surface area contributed by atoms with Crippen LogP contribution >= 0.6 is 11.3 Å². The van der Waals surface area contributed by atoms with Crippen molar-refractivity contribution in [2.24, 2.45) is 5.92 Å². The molecule has 1 fully saturated rings. The van der Waals surface area contributed by atoms with Gasteiger partial charge in [-0.15, -0.1) is 11.3 Å². The van der Waals surface area contributed by atoms with Crippen LogP contribution in [0.4, 0.5) is 0 Å². The minimum atomic E-state index is 0.138. The molecule has 1 aliphatic rings. The third kappa shape index (κ3) is 3.80. The van der Waals surface area contributed by atoms with Crippen LogP contribution in [-0.2, 0) is 16.6 Å². The van der Waals surface area contributed by atoms with Gasteiger partial charge in [0, 0.05) is 29.9 Å². The molecule has 4 heteroatoms. The predicted molar refractivity (Wildman–Crippen MR) is 85.5 cm³/mol. The van der Waals surface area contributed by atoms with E-state index in [1.807, 2.05) is 0 Å². The van der Waals surface area contributed by atoms with E-state index in [1.165, 1.54) is 17.1 Å². The van der Waals surface area contributed by atoms with E-state index in [2.05, 4.69) is 45.3 Å². The molecule has 0 spiro atoms. The van der Waals surface area contributed by atoms with Gasteiger partial charge in [0.1, 0.15) is 0 Å². The Balaban J connectivity index is 2.06. The molecule has 114 valence electrons. The fraction of sp³-hybridized carbons (Fsp3) is 0.812. The summed E-state index contributed by atoms with van der Waals surface area (Å²) in [6.45, 7) is 13.0. The van der Waals surface area contributed by atoms with Crippen LogP contribution in [0.3, 0.4) is 0 Å². The molecule has 2 heterocycles. The van der Waals surface area contributed by atoms with Gasteiger partial charge in [0.25, 0.3) is 0 Å².